The molecule has 0 aromatic heterocycles. The van der Waals surface area contributed by atoms with E-state index in [1.807, 2.05) is 6.08 Å². The summed E-state index contributed by atoms with van der Waals surface area (Å²) in [5, 5.41) is 8.94. The first kappa shape index (κ1) is 14.6. The molecule has 0 heterocycles. The Bertz CT molecular complexity index is 315. The lowest BCUT2D eigenvalue weighted by Crippen LogP contribution is -2.25. The summed E-state index contributed by atoms with van der Waals surface area (Å²) in [6.07, 6.45) is 14.9. The molecule has 0 saturated heterocycles. The maximum Gasteiger partial charge on any atom is 0.108 e. The van der Waals surface area contributed by atoms with E-state index in [-0.39, 0.29) is 6.67 Å². The van der Waals surface area contributed by atoms with Crippen molar-refractivity contribution in [3.05, 3.63) is 12.2 Å². The molecule has 0 bridgehead atoms. The standard InChI is InChI=1S/C17H26FN/c18-12-2-1-3-14-4-8-16(9-5-14)17-10-6-15(13-19)7-11-17/h1-2,14-17H,3-12H2/b2-1+. The zero-order valence-electron chi connectivity index (χ0n) is 11.9. The van der Waals surface area contributed by atoms with E-state index in [4.69, 9.17) is 5.26 Å². The highest BCUT2D eigenvalue weighted by Crippen LogP contribution is 2.41. The van der Waals surface area contributed by atoms with Crippen molar-refractivity contribution in [2.45, 2.75) is 57.8 Å². The normalized spacial score (nSPS) is 36.2. The molecule has 0 aromatic rings. The summed E-state index contributed by atoms with van der Waals surface area (Å²) in [7, 11) is 0. The number of hydrogen-bond acceptors (Lipinski definition) is 1. The molecular formula is C17H26FN. The molecule has 2 aliphatic rings. The SMILES string of the molecule is N#CC1CCC(C2CCC(C/C=C/CF)CC2)CC1. The lowest BCUT2D eigenvalue weighted by Gasteiger charge is -2.36. The van der Waals surface area contributed by atoms with E-state index in [1.54, 1.807) is 6.08 Å². The van der Waals surface area contributed by atoms with E-state index in [0.717, 1.165) is 37.0 Å². The molecule has 1 nitrogen and oxygen atoms in total. The van der Waals surface area contributed by atoms with Crippen LogP contribution in [0.4, 0.5) is 4.39 Å². The molecule has 2 heteroatoms. The average molecular weight is 263 g/mol. The number of nitriles is 1. The van der Waals surface area contributed by atoms with Crippen LogP contribution in [0.2, 0.25) is 0 Å². The quantitative estimate of drug-likeness (QED) is 0.652. The Hall–Kier alpha value is -0.840. The third-order valence-electron chi connectivity index (χ3n) is 5.24. The first-order chi connectivity index (χ1) is 9.33. The highest BCUT2D eigenvalue weighted by molar-refractivity contribution is 4.90. The fraction of sp³-hybridized carbons (Fsp3) is 0.824. The van der Waals surface area contributed by atoms with E-state index in [9.17, 15) is 4.39 Å². The summed E-state index contributed by atoms with van der Waals surface area (Å²) in [6, 6.07) is 2.42. The zero-order valence-corrected chi connectivity index (χ0v) is 11.9. The average Bonchev–Trinajstić information content (AvgIpc) is 2.48. The Morgan fingerprint density at radius 3 is 2.00 bits per heavy atom. The van der Waals surface area contributed by atoms with Crippen molar-refractivity contribution in [1.29, 1.82) is 5.26 Å². The molecule has 0 unspecified atom stereocenters. The Balaban J connectivity index is 1.69. The second kappa shape index (κ2) is 7.68. The van der Waals surface area contributed by atoms with E-state index in [1.165, 1.54) is 38.5 Å². The van der Waals surface area contributed by atoms with E-state index in [2.05, 4.69) is 6.07 Å². The topological polar surface area (TPSA) is 23.8 Å². The Kier molecular flexibility index (Phi) is 5.89. The number of nitrogens with zero attached hydrogens (tertiary/aromatic N) is 1. The second-order valence-electron chi connectivity index (χ2n) is 6.38. The van der Waals surface area contributed by atoms with Crippen LogP contribution < -0.4 is 0 Å². The fourth-order valence-corrected chi connectivity index (χ4v) is 3.97. The van der Waals surface area contributed by atoms with Crippen molar-refractivity contribution < 1.29 is 4.39 Å². The van der Waals surface area contributed by atoms with Crippen molar-refractivity contribution >= 4 is 0 Å². The van der Waals surface area contributed by atoms with Crippen LogP contribution in [0.15, 0.2) is 12.2 Å². The molecule has 0 N–H and O–H groups in total. The van der Waals surface area contributed by atoms with E-state index < -0.39 is 0 Å². The molecule has 2 fully saturated rings. The largest absolute Gasteiger partial charge is 0.247 e. The van der Waals surface area contributed by atoms with Crippen LogP contribution in [0.1, 0.15) is 57.8 Å². The Morgan fingerprint density at radius 1 is 0.895 bits per heavy atom. The lowest BCUT2D eigenvalue weighted by molar-refractivity contribution is 0.157. The van der Waals surface area contributed by atoms with Gasteiger partial charge in [0.05, 0.1) is 6.07 Å². The van der Waals surface area contributed by atoms with Crippen LogP contribution in [0.3, 0.4) is 0 Å². The van der Waals surface area contributed by atoms with Gasteiger partial charge in [0, 0.05) is 5.92 Å². The van der Waals surface area contributed by atoms with Crippen LogP contribution in [0, 0.1) is 35.0 Å². The molecular weight excluding hydrogens is 237 g/mol. The maximum atomic E-state index is 12.0. The molecule has 0 spiro atoms. The molecule has 106 valence electrons. The molecule has 0 radical (unpaired) electrons. The Morgan fingerprint density at radius 2 is 1.47 bits per heavy atom. The molecule has 2 saturated carbocycles. The van der Waals surface area contributed by atoms with E-state index >= 15 is 0 Å². The molecule has 2 rings (SSSR count). The molecule has 2 aliphatic carbocycles. The van der Waals surface area contributed by atoms with Gasteiger partial charge < -0.3 is 0 Å². The van der Waals surface area contributed by atoms with Crippen molar-refractivity contribution in [1.82, 2.24) is 0 Å². The first-order valence-electron chi connectivity index (χ1n) is 7.94. The highest BCUT2D eigenvalue weighted by Gasteiger charge is 2.30. The van der Waals surface area contributed by atoms with Gasteiger partial charge in [0.1, 0.15) is 6.67 Å². The van der Waals surface area contributed by atoms with E-state index in [0.29, 0.717) is 5.92 Å². The van der Waals surface area contributed by atoms with Gasteiger partial charge in [0.15, 0.2) is 0 Å². The van der Waals surface area contributed by atoms with Crippen molar-refractivity contribution in [2.24, 2.45) is 23.7 Å². The minimum Gasteiger partial charge on any atom is -0.247 e. The van der Waals surface area contributed by atoms with Crippen LogP contribution >= 0.6 is 0 Å². The predicted octanol–water partition coefficient (Wildman–Crippen LogP) is 5.04. The number of alkyl halides is 1. The van der Waals surface area contributed by atoms with Gasteiger partial charge in [-0.2, -0.15) is 5.26 Å². The summed E-state index contributed by atoms with van der Waals surface area (Å²) in [6.45, 7) is -0.322. The number of halogens is 1. The van der Waals surface area contributed by atoms with Gasteiger partial charge in [-0.1, -0.05) is 12.2 Å². The molecule has 19 heavy (non-hydrogen) atoms. The lowest BCUT2D eigenvalue weighted by atomic mass is 9.69. The third kappa shape index (κ3) is 4.34. The van der Waals surface area contributed by atoms with Gasteiger partial charge in [-0.15, -0.1) is 0 Å². The van der Waals surface area contributed by atoms with Gasteiger partial charge in [-0.3, -0.25) is 0 Å². The van der Waals surface area contributed by atoms with Gasteiger partial charge >= 0.3 is 0 Å². The summed E-state index contributed by atoms with van der Waals surface area (Å²) >= 11 is 0. The second-order valence-corrected chi connectivity index (χ2v) is 6.38. The highest BCUT2D eigenvalue weighted by atomic mass is 19.1. The van der Waals surface area contributed by atoms with Crippen LogP contribution in [0.5, 0.6) is 0 Å². The molecule has 0 amide bonds. The van der Waals surface area contributed by atoms with Crippen LogP contribution in [0.25, 0.3) is 0 Å². The number of hydrogen-bond donors (Lipinski definition) is 0. The molecule has 0 aromatic carbocycles. The Labute approximate surface area is 116 Å². The monoisotopic (exact) mass is 263 g/mol. The summed E-state index contributed by atoms with van der Waals surface area (Å²) in [4.78, 5) is 0. The van der Waals surface area contributed by atoms with Gasteiger partial charge in [0.25, 0.3) is 0 Å². The summed E-state index contributed by atoms with van der Waals surface area (Å²) in [5.41, 5.74) is 0. The molecule has 0 aliphatic heterocycles. The van der Waals surface area contributed by atoms with Gasteiger partial charge in [0.2, 0.25) is 0 Å². The summed E-state index contributed by atoms with van der Waals surface area (Å²) < 4.78 is 12.0. The van der Waals surface area contributed by atoms with Crippen molar-refractivity contribution in [3.8, 4) is 6.07 Å². The number of rotatable bonds is 4. The van der Waals surface area contributed by atoms with Gasteiger partial charge in [-0.25, -0.2) is 4.39 Å². The predicted molar refractivity (Wildman–Crippen MR) is 76.2 cm³/mol. The summed E-state index contributed by atoms with van der Waals surface area (Å²) in [5.74, 6) is 2.90. The van der Waals surface area contributed by atoms with Crippen LogP contribution in [-0.4, -0.2) is 6.67 Å². The minimum absolute atomic E-state index is 0.322. The molecule has 0 atom stereocenters. The van der Waals surface area contributed by atoms with Crippen LogP contribution in [-0.2, 0) is 0 Å². The number of allylic oxidation sites excluding steroid dienone is 2. The minimum atomic E-state index is -0.322. The van der Waals surface area contributed by atoms with Gasteiger partial charge in [-0.05, 0) is 75.5 Å². The van der Waals surface area contributed by atoms with Crippen molar-refractivity contribution in [3.63, 3.8) is 0 Å². The maximum absolute atomic E-state index is 12.0. The zero-order chi connectivity index (χ0) is 13.5. The smallest absolute Gasteiger partial charge is 0.108 e. The fourth-order valence-electron chi connectivity index (χ4n) is 3.97. The third-order valence-corrected chi connectivity index (χ3v) is 5.24. The first-order valence-corrected chi connectivity index (χ1v) is 7.94. The van der Waals surface area contributed by atoms with Crippen molar-refractivity contribution in [2.75, 3.05) is 6.67 Å².